The number of phenols is 3. The number of aromatic hydroxyl groups is 3. The number of para-hydroxylation sites is 2. The summed E-state index contributed by atoms with van der Waals surface area (Å²) in [7, 11) is 0. The zero-order valence-electron chi connectivity index (χ0n) is 81.0. The van der Waals surface area contributed by atoms with Crippen LogP contribution >= 0.6 is 0 Å². The fourth-order valence-electron chi connectivity index (χ4n) is 18.4. The third-order valence-corrected chi connectivity index (χ3v) is 26.4. The average Bonchev–Trinajstić information content (AvgIpc) is 1.51. The van der Waals surface area contributed by atoms with E-state index >= 15 is 0 Å². The van der Waals surface area contributed by atoms with Crippen LogP contribution in [-0.2, 0) is 44.7 Å². The Balaban J connectivity index is 0.000000124. The molecule has 1 aliphatic rings. The number of aliphatic hydroxyl groups is 6. The molecule has 15 heteroatoms. The third kappa shape index (κ3) is 22.7. The summed E-state index contributed by atoms with van der Waals surface area (Å²) >= 11 is 0. The summed E-state index contributed by atoms with van der Waals surface area (Å²) in [6.07, 6.45) is 3.28. The molecule has 0 aliphatic heterocycles. The molecule has 9 N–H and O–H groups in total. The molecule has 0 saturated heterocycles. The van der Waals surface area contributed by atoms with Crippen LogP contribution in [0.3, 0.4) is 0 Å². The van der Waals surface area contributed by atoms with Gasteiger partial charge in [-0.05, 0) is 374 Å². The Morgan fingerprint density at radius 1 is 0.245 bits per heavy atom. The van der Waals surface area contributed by atoms with Gasteiger partial charge < -0.3 is 65.6 Å². The Morgan fingerprint density at radius 3 is 1.03 bits per heavy atom. The van der Waals surface area contributed by atoms with Gasteiger partial charge in [0, 0.05) is 92.4 Å². The third-order valence-electron chi connectivity index (χ3n) is 26.4. The van der Waals surface area contributed by atoms with Crippen molar-refractivity contribution >= 4 is 118 Å². The normalized spacial score (nSPS) is 11.6. The molecule has 712 valence electrons. The van der Waals surface area contributed by atoms with E-state index in [2.05, 4.69) is 305 Å². The maximum Gasteiger partial charge on any atom is 0.115 e. The first-order chi connectivity index (χ1) is 69.7. The molecule has 0 atom stereocenters. The Labute approximate surface area is 836 Å². The van der Waals surface area contributed by atoms with Gasteiger partial charge in [-0.2, -0.15) is 5.10 Å². The lowest BCUT2D eigenvalue weighted by molar-refractivity contribution is 0.281. The quantitative estimate of drug-likeness (QED) is 0.0148. The van der Waals surface area contributed by atoms with Crippen LogP contribution in [0.15, 0.2) is 442 Å². The summed E-state index contributed by atoms with van der Waals surface area (Å²) in [5.41, 5.74) is 34.0. The van der Waals surface area contributed by atoms with Crippen LogP contribution in [-0.4, -0.2) is 65.4 Å². The molecule has 0 saturated carbocycles. The van der Waals surface area contributed by atoms with Crippen LogP contribution in [0.5, 0.6) is 17.2 Å². The van der Waals surface area contributed by atoms with Crippen LogP contribution in [0.25, 0.3) is 54.6 Å². The summed E-state index contributed by atoms with van der Waals surface area (Å²) < 4.78 is 0. The van der Waals surface area contributed by atoms with Crippen LogP contribution in [0.4, 0.5) is 79.6 Å². The van der Waals surface area contributed by atoms with Gasteiger partial charge in [0.05, 0.1) is 44.0 Å². The van der Waals surface area contributed by atoms with Crippen LogP contribution in [0.1, 0.15) is 86.2 Å². The molecule has 0 spiro atoms. The van der Waals surface area contributed by atoms with E-state index in [0.717, 1.165) is 119 Å². The summed E-state index contributed by atoms with van der Waals surface area (Å²) in [6.45, 7) is 13.7. The highest BCUT2D eigenvalue weighted by Gasteiger charge is 2.36. The van der Waals surface area contributed by atoms with E-state index in [1.165, 1.54) is 88.0 Å². The highest BCUT2D eigenvalue weighted by Crippen LogP contribution is 2.52. The summed E-state index contributed by atoms with van der Waals surface area (Å²) in [4.78, 5) is 8.73. The summed E-state index contributed by atoms with van der Waals surface area (Å²) in [5, 5.41) is 98.5. The monoisotopic (exact) mass is 1880 g/mol. The molecular weight excluding hydrogens is 1770 g/mol. The fourth-order valence-corrected chi connectivity index (χ4v) is 18.4. The highest BCUT2D eigenvalue weighted by atomic mass is 16.3. The maximum absolute atomic E-state index is 9.47. The molecule has 20 aromatic carbocycles. The Bertz CT molecular complexity index is 7410. The molecule has 0 fully saturated rings. The molecule has 143 heavy (non-hydrogen) atoms. The average molecular weight is 1880 g/mol. The lowest BCUT2D eigenvalue weighted by Crippen LogP contribution is -2.16. The maximum atomic E-state index is 9.47. The van der Waals surface area contributed by atoms with Gasteiger partial charge in [0.15, 0.2) is 0 Å². The minimum absolute atomic E-state index is 0.00338. The number of nitrogens with zero attached hydrogens (tertiary/aromatic N) is 6. The first-order valence-corrected chi connectivity index (χ1v) is 48.1. The van der Waals surface area contributed by atoms with Crippen molar-refractivity contribution in [2.24, 2.45) is 5.10 Å². The van der Waals surface area contributed by atoms with Crippen molar-refractivity contribution in [1.29, 1.82) is 0 Å². The van der Waals surface area contributed by atoms with Crippen LogP contribution < -0.4 is 24.6 Å². The number of hydrazone groups is 1. The second-order valence-electron chi connectivity index (χ2n) is 36.2. The van der Waals surface area contributed by atoms with Gasteiger partial charge in [0.25, 0.3) is 0 Å². The first-order valence-electron chi connectivity index (χ1n) is 48.1. The second kappa shape index (κ2) is 45.5. The van der Waals surface area contributed by atoms with Gasteiger partial charge in [0.1, 0.15) is 17.2 Å². The molecule has 0 radical (unpaired) electrons. The van der Waals surface area contributed by atoms with Gasteiger partial charge in [0.2, 0.25) is 0 Å². The van der Waals surface area contributed by atoms with E-state index in [4.69, 9.17) is 5.10 Å². The number of fused-ring (bicyclic) bond motifs is 3. The van der Waals surface area contributed by atoms with Crippen molar-refractivity contribution in [3.8, 4) is 39.5 Å². The number of aryl methyl sites for hydroxylation is 4. The van der Waals surface area contributed by atoms with Crippen LogP contribution in [0.2, 0.25) is 0 Å². The van der Waals surface area contributed by atoms with Crippen molar-refractivity contribution in [1.82, 2.24) is 0 Å². The van der Waals surface area contributed by atoms with Gasteiger partial charge in [-0.3, -0.25) is 0 Å². The molecule has 0 bridgehead atoms. The van der Waals surface area contributed by atoms with E-state index < -0.39 is 0 Å². The smallest absolute Gasteiger partial charge is 0.115 e. The van der Waals surface area contributed by atoms with E-state index in [9.17, 15) is 46.0 Å². The Hall–Kier alpha value is -16.7. The van der Waals surface area contributed by atoms with Crippen molar-refractivity contribution in [2.45, 2.75) is 86.2 Å². The van der Waals surface area contributed by atoms with E-state index in [0.29, 0.717) is 12.8 Å². The van der Waals surface area contributed by atoms with Crippen molar-refractivity contribution in [3.63, 3.8) is 0 Å². The Morgan fingerprint density at radius 2 is 0.587 bits per heavy atom. The largest absolute Gasteiger partial charge is 0.508 e. The number of rotatable bonds is 25. The molecule has 0 amide bonds. The van der Waals surface area contributed by atoms with Gasteiger partial charge in [-0.25, -0.2) is 5.01 Å². The SMILES string of the molecule is CC1(C)c2ccccc2-c2ccc(N(c3ccccc3)c3ccc(CCO)cc3)cc21.Cc1ccc(N(c2ccc(-c3cccc(CCO)c3)cc2)c2ccc(C)c(C)c2)cc1C.OCc1ccc(N(N=Cc2cc3cccc4ccc5cccc2c5c43)c2ccc(CO)cc2)cc1.OCc1ccc(N(c2ccccc2)c2ccc(CO)cc2)cc1.Oc1ccc(N(c2ccc(O)cc2)c2ccc(O)cc2)cc1. The predicted octanol–water partition coefficient (Wildman–Crippen LogP) is 29.7. The lowest BCUT2D eigenvalue weighted by atomic mass is 9.82. The number of hydrogen-bond donors (Lipinski definition) is 9. The van der Waals surface area contributed by atoms with Crippen LogP contribution in [0, 0.1) is 27.7 Å². The summed E-state index contributed by atoms with van der Waals surface area (Å²) in [6, 6.07) is 146. The number of hydrogen-bond acceptors (Lipinski definition) is 15. The van der Waals surface area contributed by atoms with E-state index in [1.807, 2.05) is 131 Å². The number of benzene rings is 20. The molecule has 21 rings (SSSR count). The van der Waals surface area contributed by atoms with E-state index in [1.54, 1.807) is 72.8 Å². The van der Waals surface area contributed by atoms with Crippen molar-refractivity contribution < 1.29 is 46.0 Å². The topological polar surface area (TPSA) is 211 Å². The minimum atomic E-state index is -0.0325. The lowest BCUT2D eigenvalue weighted by Gasteiger charge is -2.28. The number of anilines is 14. The van der Waals surface area contributed by atoms with Gasteiger partial charge in [-0.1, -0.05) is 238 Å². The van der Waals surface area contributed by atoms with Crippen molar-refractivity contribution in [2.75, 3.05) is 37.8 Å². The fraction of sp³-hybridized carbons (Fsp3) is 0.117. The molecule has 0 unspecified atom stereocenters. The van der Waals surface area contributed by atoms with Crippen molar-refractivity contribution in [3.05, 3.63) is 509 Å². The van der Waals surface area contributed by atoms with Gasteiger partial charge in [-0.15, -0.1) is 0 Å². The van der Waals surface area contributed by atoms with Gasteiger partial charge >= 0.3 is 0 Å². The number of phenolic OH excluding ortho intramolecular Hbond substituents is 3. The molecule has 0 aromatic heterocycles. The standard InChI is InChI=1S/C31H24N2O2.C30H31NO.C29H27NO.C20H19NO2.C18H15NO3/c34-19-21-7-13-27(14-8-21)33(28-15-9-22(20-35)10-16-28)32-18-26-17-25-5-1-3-23-11-12-24-4-2-6-29(26)31(24)30(23)25;1-21-8-12-29(18-23(21)3)31(30-13-9-22(2)24(4)19-30)28-14-10-26(11-15-28)27-7-5-6-25(20-27)16-17-32;1-29(2)27-11-7-6-10-25(27)26-17-16-24(20-28(26)29)30(22-8-4-3-5-9-22)23-14-12-21(13-15-23)18-19-31;22-14-16-6-10-19(11-7-16)21(18-4-2-1-3-5-18)20-12-8-17(15-23)9-13-20;20-16-7-1-13(2-8-16)19(14-3-9-17(21)10-4-14)15-5-11-18(22)12-6-15/h1-18,34-35H,19-20H2;5-15,18-20,32H,16-17H2,1-4H3;3-17,20,31H,18-19H2,1-2H3;1-13,22-23H,14-15H2;1-12,20-22H. The number of aliphatic hydroxyl groups excluding tert-OH is 6. The summed E-state index contributed by atoms with van der Waals surface area (Å²) in [5.74, 6) is 0.584. The minimum Gasteiger partial charge on any atom is -0.508 e. The molecule has 15 nitrogen and oxygen atoms in total. The predicted molar refractivity (Wildman–Crippen MR) is 589 cm³/mol. The molecular formula is C128H116N6O9. The van der Waals surface area contributed by atoms with E-state index in [-0.39, 0.29) is 62.3 Å². The zero-order chi connectivity index (χ0) is 99.5. The highest BCUT2D eigenvalue weighted by molar-refractivity contribution is 6.26. The molecule has 0 heterocycles. The Kier molecular flexibility index (Phi) is 31.1. The zero-order valence-corrected chi connectivity index (χ0v) is 81.0. The molecule has 20 aromatic rings. The second-order valence-corrected chi connectivity index (χ2v) is 36.2. The molecule has 1 aliphatic carbocycles. The first kappa shape index (κ1) is 97.9.